The van der Waals surface area contributed by atoms with Crippen molar-refractivity contribution >= 4 is 11.7 Å². The third kappa shape index (κ3) is 6.84. The molecule has 162 valence electrons. The van der Waals surface area contributed by atoms with Gasteiger partial charge in [0.05, 0.1) is 13.7 Å². The Hall–Kier alpha value is -2.93. The number of carbonyl (C=O) groups excluding carboxylic acids is 1. The number of amides is 2. The van der Waals surface area contributed by atoms with E-state index >= 15 is 0 Å². The topological polar surface area (TPSA) is 80.1 Å². The number of rotatable bonds is 10. The number of unbranched alkanes of at least 4 members (excludes halogenated alkanes) is 1. The fourth-order valence-electron chi connectivity index (χ4n) is 3.60. The molecule has 0 aromatic heterocycles. The van der Waals surface area contributed by atoms with Crippen LogP contribution in [0.25, 0.3) is 0 Å². The molecule has 3 rings (SSSR count). The Bertz CT molecular complexity index is 807. The molecule has 0 bridgehead atoms. The molecule has 0 radical (unpaired) electrons. The average molecular weight is 413 g/mol. The first-order valence-corrected chi connectivity index (χ1v) is 10.5. The lowest BCUT2D eigenvalue weighted by molar-refractivity contribution is 0.238. The number of nitrogens with two attached hydrogens (primary N) is 1. The van der Waals surface area contributed by atoms with Gasteiger partial charge in [-0.15, -0.1) is 0 Å². The van der Waals surface area contributed by atoms with Crippen molar-refractivity contribution in [2.75, 3.05) is 51.3 Å². The number of anilines is 1. The molecular formula is C23H32N4O3. The van der Waals surface area contributed by atoms with E-state index in [4.69, 9.17) is 15.2 Å². The smallest absolute Gasteiger partial charge is 0.312 e. The number of carbonyl (C=O) groups is 1. The van der Waals surface area contributed by atoms with Gasteiger partial charge < -0.3 is 25.4 Å². The summed E-state index contributed by atoms with van der Waals surface area (Å²) in [5, 5.41) is 2.59. The van der Waals surface area contributed by atoms with Crippen molar-refractivity contribution in [3.63, 3.8) is 0 Å². The first-order chi connectivity index (χ1) is 14.6. The molecule has 0 saturated carbocycles. The van der Waals surface area contributed by atoms with Crippen LogP contribution < -0.4 is 25.4 Å². The number of methoxy groups -OCH3 is 1. The molecule has 1 aliphatic heterocycles. The van der Waals surface area contributed by atoms with E-state index in [0.29, 0.717) is 13.2 Å². The lowest BCUT2D eigenvalue weighted by atomic mass is 10.2. The minimum absolute atomic E-state index is 0.411. The summed E-state index contributed by atoms with van der Waals surface area (Å²) in [5.41, 5.74) is 7.31. The molecule has 1 aliphatic rings. The molecule has 0 spiro atoms. The number of nitrogens with one attached hydrogen (secondary N) is 1. The zero-order valence-electron chi connectivity index (χ0n) is 17.7. The first kappa shape index (κ1) is 21.8. The maximum atomic E-state index is 10.8. The van der Waals surface area contributed by atoms with Gasteiger partial charge in [0.15, 0.2) is 0 Å². The quantitative estimate of drug-likeness (QED) is 0.587. The normalized spacial score (nSPS) is 14.4. The first-order valence-electron chi connectivity index (χ1n) is 10.5. The van der Waals surface area contributed by atoms with Crippen LogP contribution in [0.15, 0.2) is 48.5 Å². The molecule has 7 nitrogen and oxygen atoms in total. The van der Waals surface area contributed by atoms with Crippen molar-refractivity contribution < 1.29 is 14.3 Å². The SMILES string of the molecule is COc1cccc(N2CCN(CCCCOc3cccc(CNC(N)=O)c3)CC2)c1. The second kappa shape index (κ2) is 11.3. The zero-order chi connectivity index (χ0) is 21.2. The molecule has 0 atom stereocenters. The Balaban J connectivity index is 1.31. The summed E-state index contributed by atoms with van der Waals surface area (Å²) < 4.78 is 11.2. The third-order valence-electron chi connectivity index (χ3n) is 5.29. The number of ether oxygens (including phenoxy) is 2. The van der Waals surface area contributed by atoms with Gasteiger partial charge in [0.2, 0.25) is 0 Å². The van der Waals surface area contributed by atoms with Crippen molar-refractivity contribution in [1.82, 2.24) is 10.2 Å². The fourth-order valence-corrected chi connectivity index (χ4v) is 3.60. The van der Waals surface area contributed by atoms with Crippen molar-refractivity contribution in [3.8, 4) is 11.5 Å². The summed E-state index contributed by atoms with van der Waals surface area (Å²) in [7, 11) is 1.71. The summed E-state index contributed by atoms with van der Waals surface area (Å²) in [6.07, 6.45) is 2.13. The van der Waals surface area contributed by atoms with Gasteiger partial charge >= 0.3 is 6.03 Å². The van der Waals surface area contributed by atoms with E-state index in [-0.39, 0.29) is 0 Å². The highest BCUT2D eigenvalue weighted by Crippen LogP contribution is 2.22. The molecule has 2 amide bonds. The molecule has 1 fully saturated rings. The number of benzene rings is 2. The van der Waals surface area contributed by atoms with E-state index in [0.717, 1.165) is 62.6 Å². The van der Waals surface area contributed by atoms with Crippen molar-refractivity contribution in [2.45, 2.75) is 19.4 Å². The molecule has 0 aliphatic carbocycles. The highest BCUT2D eigenvalue weighted by molar-refractivity contribution is 5.71. The summed E-state index contributed by atoms with van der Waals surface area (Å²) in [6, 6.07) is 15.5. The Morgan fingerprint density at radius 1 is 1.03 bits per heavy atom. The van der Waals surface area contributed by atoms with E-state index in [2.05, 4.69) is 27.2 Å². The summed E-state index contributed by atoms with van der Waals surface area (Å²) >= 11 is 0. The van der Waals surface area contributed by atoms with Crippen LogP contribution >= 0.6 is 0 Å². The molecule has 30 heavy (non-hydrogen) atoms. The molecule has 0 unspecified atom stereocenters. The second-order valence-corrected chi connectivity index (χ2v) is 7.45. The summed E-state index contributed by atoms with van der Waals surface area (Å²) in [6.45, 7) is 6.42. The molecule has 2 aromatic rings. The van der Waals surface area contributed by atoms with Crippen LogP contribution in [-0.2, 0) is 6.54 Å². The third-order valence-corrected chi connectivity index (χ3v) is 5.29. The van der Waals surface area contributed by atoms with Gasteiger partial charge in [-0.05, 0) is 49.2 Å². The Kier molecular flexibility index (Phi) is 8.20. The van der Waals surface area contributed by atoms with E-state index in [1.54, 1.807) is 7.11 Å². The van der Waals surface area contributed by atoms with Gasteiger partial charge in [0, 0.05) is 44.5 Å². The lowest BCUT2D eigenvalue weighted by Crippen LogP contribution is -2.46. The van der Waals surface area contributed by atoms with Gasteiger partial charge in [0.25, 0.3) is 0 Å². The lowest BCUT2D eigenvalue weighted by Gasteiger charge is -2.36. The molecule has 3 N–H and O–H groups in total. The fraction of sp³-hybridized carbons (Fsp3) is 0.435. The largest absolute Gasteiger partial charge is 0.497 e. The van der Waals surface area contributed by atoms with Crippen molar-refractivity contribution in [2.24, 2.45) is 5.73 Å². The maximum Gasteiger partial charge on any atom is 0.312 e. The predicted octanol–water partition coefficient (Wildman–Crippen LogP) is 2.84. The Morgan fingerprint density at radius 3 is 2.57 bits per heavy atom. The van der Waals surface area contributed by atoms with Gasteiger partial charge in [-0.2, -0.15) is 0 Å². The van der Waals surface area contributed by atoms with Crippen molar-refractivity contribution in [1.29, 1.82) is 0 Å². The molecule has 1 saturated heterocycles. The maximum absolute atomic E-state index is 10.8. The molecular weight excluding hydrogens is 380 g/mol. The minimum atomic E-state index is -0.523. The number of urea groups is 1. The molecule has 7 heteroatoms. The average Bonchev–Trinajstić information content (AvgIpc) is 2.78. The molecule has 2 aromatic carbocycles. The van der Waals surface area contributed by atoms with Gasteiger partial charge in [0.1, 0.15) is 11.5 Å². The van der Waals surface area contributed by atoms with E-state index in [1.807, 2.05) is 36.4 Å². The summed E-state index contributed by atoms with van der Waals surface area (Å²) in [5.74, 6) is 1.73. The number of hydrogen-bond donors (Lipinski definition) is 2. The van der Waals surface area contributed by atoms with E-state index in [1.165, 1.54) is 5.69 Å². The summed E-state index contributed by atoms with van der Waals surface area (Å²) in [4.78, 5) is 15.8. The second-order valence-electron chi connectivity index (χ2n) is 7.45. The number of primary amides is 1. The van der Waals surface area contributed by atoms with Crippen LogP contribution in [0.4, 0.5) is 10.5 Å². The van der Waals surface area contributed by atoms with Crippen molar-refractivity contribution in [3.05, 3.63) is 54.1 Å². The predicted molar refractivity (Wildman–Crippen MR) is 119 cm³/mol. The van der Waals surface area contributed by atoms with Gasteiger partial charge in [-0.25, -0.2) is 4.79 Å². The monoisotopic (exact) mass is 412 g/mol. The number of hydrogen-bond acceptors (Lipinski definition) is 5. The van der Waals surface area contributed by atoms with Crippen LogP contribution in [0.3, 0.4) is 0 Å². The van der Waals surface area contributed by atoms with Gasteiger partial charge in [-0.3, -0.25) is 4.90 Å². The highest BCUT2D eigenvalue weighted by atomic mass is 16.5. The Labute approximate surface area is 178 Å². The number of nitrogens with zero attached hydrogens (tertiary/aromatic N) is 2. The standard InChI is InChI=1S/C23H32N4O3/c1-29-21-8-5-7-20(17-21)27-13-11-26(12-14-27)10-2-3-15-30-22-9-4-6-19(16-22)18-25-23(24)28/h4-9,16-17H,2-3,10-15,18H2,1H3,(H3,24,25,28). The van der Waals surface area contributed by atoms with Gasteiger partial charge in [-0.1, -0.05) is 18.2 Å². The zero-order valence-corrected chi connectivity index (χ0v) is 17.7. The number of piperazine rings is 1. The minimum Gasteiger partial charge on any atom is -0.497 e. The Morgan fingerprint density at radius 2 is 1.80 bits per heavy atom. The van der Waals surface area contributed by atoms with Crippen LogP contribution in [0.5, 0.6) is 11.5 Å². The van der Waals surface area contributed by atoms with E-state index < -0.39 is 6.03 Å². The van der Waals surface area contributed by atoms with Crippen LogP contribution in [0.2, 0.25) is 0 Å². The van der Waals surface area contributed by atoms with Crippen LogP contribution in [0.1, 0.15) is 18.4 Å². The van der Waals surface area contributed by atoms with Crippen LogP contribution in [0, 0.1) is 0 Å². The highest BCUT2D eigenvalue weighted by Gasteiger charge is 2.17. The van der Waals surface area contributed by atoms with E-state index in [9.17, 15) is 4.79 Å². The van der Waals surface area contributed by atoms with Crippen LogP contribution in [-0.4, -0.2) is 57.4 Å². The molecule has 1 heterocycles.